The van der Waals surface area contributed by atoms with Crippen LogP contribution in [0.5, 0.6) is 0 Å². The molecule has 0 atom stereocenters. The molecule has 4 fully saturated rings. The summed E-state index contributed by atoms with van der Waals surface area (Å²) in [6.07, 6.45) is 6.96. The van der Waals surface area contributed by atoms with Crippen LogP contribution >= 0.6 is 0 Å². The highest BCUT2D eigenvalue weighted by Crippen LogP contribution is 2.60. The summed E-state index contributed by atoms with van der Waals surface area (Å²) < 4.78 is 0. The van der Waals surface area contributed by atoms with Gasteiger partial charge in [0.1, 0.15) is 0 Å². The van der Waals surface area contributed by atoms with E-state index in [0.29, 0.717) is 0 Å². The summed E-state index contributed by atoms with van der Waals surface area (Å²) >= 11 is 0. The Labute approximate surface area is 114 Å². The van der Waals surface area contributed by atoms with Crippen LogP contribution in [0.3, 0.4) is 0 Å². The zero-order chi connectivity index (χ0) is 13.7. The predicted molar refractivity (Wildman–Crippen MR) is 71.3 cm³/mol. The van der Waals surface area contributed by atoms with Gasteiger partial charge in [-0.3, -0.25) is 4.79 Å². The Morgan fingerprint density at radius 3 is 1.89 bits per heavy atom. The molecule has 4 heteroatoms. The van der Waals surface area contributed by atoms with Crippen molar-refractivity contribution in [1.29, 1.82) is 0 Å². The molecule has 0 aliphatic heterocycles. The van der Waals surface area contributed by atoms with E-state index < -0.39 is 5.54 Å². The van der Waals surface area contributed by atoms with Crippen LogP contribution in [0.25, 0.3) is 0 Å². The van der Waals surface area contributed by atoms with Crippen molar-refractivity contribution < 1.29 is 15.0 Å². The molecule has 4 saturated carbocycles. The summed E-state index contributed by atoms with van der Waals surface area (Å²) in [7, 11) is 0. The fourth-order valence-electron chi connectivity index (χ4n) is 4.92. The van der Waals surface area contributed by atoms with Crippen LogP contribution < -0.4 is 5.32 Å². The van der Waals surface area contributed by atoms with Crippen molar-refractivity contribution in [3.05, 3.63) is 0 Å². The first-order valence-corrected chi connectivity index (χ1v) is 7.53. The fraction of sp³-hybridized carbons (Fsp3) is 0.933. The minimum Gasteiger partial charge on any atom is -0.394 e. The van der Waals surface area contributed by atoms with E-state index in [4.69, 9.17) is 0 Å². The number of nitrogens with one attached hydrogen (secondary N) is 1. The van der Waals surface area contributed by atoms with E-state index in [2.05, 4.69) is 5.32 Å². The lowest BCUT2D eigenvalue weighted by atomic mass is 9.49. The topological polar surface area (TPSA) is 69.6 Å². The first-order valence-electron chi connectivity index (χ1n) is 7.53. The quantitative estimate of drug-likeness (QED) is 0.713. The zero-order valence-corrected chi connectivity index (χ0v) is 11.7. The average Bonchev–Trinajstić information content (AvgIpc) is 2.37. The second-order valence-corrected chi connectivity index (χ2v) is 7.53. The molecular formula is C15H25NO3. The summed E-state index contributed by atoms with van der Waals surface area (Å²) in [4.78, 5) is 12.7. The van der Waals surface area contributed by atoms with Crippen LogP contribution in [0.1, 0.15) is 45.4 Å². The molecule has 3 N–H and O–H groups in total. The van der Waals surface area contributed by atoms with Gasteiger partial charge in [-0.2, -0.15) is 0 Å². The molecule has 4 nitrogen and oxygen atoms in total. The van der Waals surface area contributed by atoms with Gasteiger partial charge in [-0.1, -0.05) is 0 Å². The lowest BCUT2D eigenvalue weighted by molar-refractivity contribution is -0.149. The Balaban J connectivity index is 1.76. The molecular weight excluding hydrogens is 242 g/mol. The Bertz CT molecular complexity index is 340. The summed E-state index contributed by atoms with van der Waals surface area (Å²) in [6, 6.07) is 0. The highest BCUT2D eigenvalue weighted by Gasteiger charge is 2.55. The molecule has 0 unspecified atom stereocenters. The normalized spacial score (nSPS) is 40.5. The van der Waals surface area contributed by atoms with E-state index in [1.807, 2.05) is 0 Å². The molecule has 0 saturated heterocycles. The predicted octanol–water partition coefficient (Wildman–Crippen LogP) is 1.06. The van der Waals surface area contributed by atoms with E-state index in [0.717, 1.165) is 37.0 Å². The monoisotopic (exact) mass is 267 g/mol. The van der Waals surface area contributed by atoms with Crippen molar-refractivity contribution in [1.82, 2.24) is 5.32 Å². The number of hydrogen-bond donors (Lipinski definition) is 3. The lowest BCUT2D eigenvalue weighted by Crippen LogP contribution is -2.60. The highest BCUT2D eigenvalue weighted by atomic mass is 16.3. The molecule has 4 bridgehead atoms. The van der Waals surface area contributed by atoms with Gasteiger partial charge in [-0.05, 0) is 63.2 Å². The number of amides is 1. The zero-order valence-electron chi connectivity index (χ0n) is 11.7. The van der Waals surface area contributed by atoms with Crippen molar-refractivity contribution in [2.45, 2.75) is 51.0 Å². The number of rotatable bonds is 4. The molecule has 4 aliphatic rings. The largest absolute Gasteiger partial charge is 0.394 e. The molecule has 0 spiro atoms. The van der Waals surface area contributed by atoms with E-state index in [1.54, 1.807) is 6.92 Å². The van der Waals surface area contributed by atoms with Gasteiger partial charge in [-0.25, -0.2) is 0 Å². The molecule has 0 heterocycles. The van der Waals surface area contributed by atoms with Gasteiger partial charge in [0.25, 0.3) is 0 Å². The van der Waals surface area contributed by atoms with Crippen LogP contribution in [-0.4, -0.2) is 34.9 Å². The van der Waals surface area contributed by atoms with Gasteiger partial charge < -0.3 is 15.5 Å². The molecule has 4 rings (SSSR count). The summed E-state index contributed by atoms with van der Waals surface area (Å²) in [6.45, 7) is 1.26. The van der Waals surface area contributed by atoms with Gasteiger partial charge >= 0.3 is 0 Å². The maximum atomic E-state index is 12.7. The number of carbonyl (C=O) groups is 1. The molecule has 1 amide bonds. The molecule has 108 valence electrons. The van der Waals surface area contributed by atoms with Gasteiger partial charge in [-0.15, -0.1) is 0 Å². The van der Waals surface area contributed by atoms with Crippen molar-refractivity contribution >= 4 is 5.91 Å². The van der Waals surface area contributed by atoms with Crippen molar-refractivity contribution in [3.63, 3.8) is 0 Å². The second kappa shape index (κ2) is 4.45. The van der Waals surface area contributed by atoms with Gasteiger partial charge in [0.05, 0.1) is 18.8 Å². The maximum Gasteiger partial charge on any atom is 0.226 e. The summed E-state index contributed by atoms with van der Waals surface area (Å²) in [5.41, 5.74) is -1.10. The van der Waals surface area contributed by atoms with Crippen LogP contribution in [-0.2, 0) is 4.79 Å². The van der Waals surface area contributed by atoms with Crippen LogP contribution in [0.15, 0.2) is 0 Å². The van der Waals surface area contributed by atoms with Crippen LogP contribution in [0.4, 0.5) is 0 Å². The molecule has 4 aliphatic carbocycles. The second-order valence-electron chi connectivity index (χ2n) is 7.53. The van der Waals surface area contributed by atoms with Crippen molar-refractivity contribution in [2.24, 2.45) is 23.2 Å². The SMILES string of the molecule is CC(CO)(CO)NC(=O)C12CC3CC(CC(C3)C1)C2. The number of aliphatic hydroxyl groups is 2. The van der Waals surface area contributed by atoms with E-state index in [1.165, 1.54) is 19.3 Å². The van der Waals surface area contributed by atoms with Gasteiger partial charge in [0.15, 0.2) is 0 Å². The average molecular weight is 267 g/mol. The minimum atomic E-state index is -0.888. The van der Waals surface area contributed by atoms with Crippen molar-refractivity contribution in [2.75, 3.05) is 13.2 Å². The molecule has 19 heavy (non-hydrogen) atoms. The Hall–Kier alpha value is -0.610. The first-order chi connectivity index (χ1) is 8.98. The van der Waals surface area contributed by atoms with Gasteiger partial charge in [0.2, 0.25) is 5.91 Å². The Morgan fingerprint density at radius 2 is 1.53 bits per heavy atom. The lowest BCUT2D eigenvalue weighted by Gasteiger charge is -2.56. The number of aliphatic hydroxyl groups excluding tert-OH is 2. The Morgan fingerprint density at radius 1 is 1.11 bits per heavy atom. The minimum absolute atomic E-state index is 0.0669. The first kappa shape index (κ1) is 13.4. The van der Waals surface area contributed by atoms with E-state index in [-0.39, 0.29) is 24.5 Å². The number of carbonyl (C=O) groups excluding carboxylic acids is 1. The number of hydrogen-bond acceptors (Lipinski definition) is 3. The third-order valence-corrected chi connectivity index (χ3v) is 5.63. The Kier molecular flexibility index (Phi) is 3.13. The molecule has 0 aromatic heterocycles. The highest BCUT2D eigenvalue weighted by molar-refractivity contribution is 5.84. The maximum absolute atomic E-state index is 12.7. The standard InChI is InChI=1S/C15H25NO3/c1-14(8-17,9-18)16-13(19)15-5-10-2-11(6-15)4-12(3-10)7-15/h10-12,17-18H,2-9H2,1H3,(H,16,19). The third kappa shape index (κ3) is 2.19. The molecule has 0 aromatic carbocycles. The van der Waals surface area contributed by atoms with Crippen LogP contribution in [0.2, 0.25) is 0 Å². The fourth-order valence-corrected chi connectivity index (χ4v) is 4.92. The van der Waals surface area contributed by atoms with E-state index in [9.17, 15) is 15.0 Å². The van der Waals surface area contributed by atoms with E-state index >= 15 is 0 Å². The molecule has 0 radical (unpaired) electrons. The van der Waals surface area contributed by atoms with Crippen LogP contribution in [0, 0.1) is 23.2 Å². The summed E-state index contributed by atoms with van der Waals surface area (Å²) in [5, 5.41) is 21.6. The third-order valence-electron chi connectivity index (χ3n) is 5.63. The smallest absolute Gasteiger partial charge is 0.226 e. The molecule has 0 aromatic rings. The summed E-state index contributed by atoms with van der Waals surface area (Å²) in [5.74, 6) is 2.25. The van der Waals surface area contributed by atoms with Crippen molar-refractivity contribution in [3.8, 4) is 0 Å². The van der Waals surface area contributed by atoms with Gasteiger partial charge in [0, 0.05) is 5.41 Å².